The quantitative estimate of drug-likeness (QED) is 0.169. The number of rotatable bonds is 15. The summed E-state index contributed by atoms with van der Waals surface area (Å²) < 4.78 is 5.67. The van der Waals surface area contributed by atoms with Crippen LogP contribution in [0.15, 0.2) is 42.7 Å². The molecular formula is C35H44N6O4. The number of ether oxygens (including phenoxy) is 1. The maximum absolute atomic E-state index is 13.4. The number of anilines is 2. The van der Waals surface area contributed by atoms with Crippen LogP contribution in [-0.4, -0.2) is 71.8 Å². The van der Waals surface area contributed by atoms with Crippen molar-refractivity contribution in [1.29, 1.82) is 0 Å². The van der Waals surface area contributed by atoms with Gasteiger partial charge in [0.15, 0.2) is 0 Å². The summed E-state index contributed by atoms with van der Waals surface area (Å²) in [5.74, 6) is 3.77. The van der Waals surface area contributed by atoms with Crippen molar-refractivity contribution >= 4 is 40.0 Å². The molecule has 2 atom stereocenters. The Morgan fingerprint density at radius 3 is 2.73 bits per heavy atom. The number of nitrogens with one attached hydrogen (secondary N) is 3. The standard InChI is InChI=1S/C35H44N6O4/c1-5-25-13-11-14-27(20-25)39-33-28-21-26(32(45-4)22-30(28)37-23-38-33)17-18-36-34(43)29(15-8-6-7-12-24(2)42)40-35(44)31-16-9-10-19-41(31)3/h1,11,13-14,20-23,29,31H,6-10,12,15-19H2,2-4H3,(H,36,43)(H,40,44)(H,37,38,39)/t29-,31?/m0/s1. The monoisotopic (exact) mass is 612 g/mol. The van der Waals surface area contributed by atoms with E-state index in [-0.39, 0.29) is 23.6 Å². The van der Waals surface area contributed by atoms with Crippen LogP contribution in [0.4, 0.5) is 11.5 Å². The molecule has 238 valence electrons. The van der Waals surface area contributed by atoms with Gasteiger partial charge in [0.25, 0.3) is 0 Å². The van der Waals surface area contributed by atoms with Crippen molar-refractivity contribution in [3.63, 3.8) is 0 Å². The van der Waals surface area contributed by atoms with Gasteiger partial charge in [0.05, 0.1) is 18.7 Å². The second-order valence-electron chi connectivity index (χ2n) is 11.6. The molecule has 1 unspecified atom stereocenters. The number of ketones is 1. The fourth-order valence-corrected chi connectivity index (χ4v) is 5.72. The highest BCUT2D eigenvalue weighted by molar-refractivity contribution is 5.92. The van der Waals surface area contributed by atoms with E-state index in [1.54, 1.807) is 14.0 Å². The number of fused-ring (bicyclic) bond motifs is 1. The van der Waals surface area contributed by atoms with Crippen molar-refractivity contribution in [2.45, 2.75) is 76.8 Å². The first-order chi connectivity index (χ1) is 21.8. The van der Waals surface area contributed by atoms with Crippen molar-refractivity contribution in [1.82, 2.24) is 25.5 Å². The first-order valence-electron chi connectivity index (χ1n) is 15.7. The molecule has 0 spiro atoms. The molecule has 45 heavy (non-hydrogen) atoms. The molecule has 0 saturated carbocycles. The first-order valence-corrected chi connectivity index (χ1v) is 15.7. The third kappa shape index (κ3) is 9.50. The maximum atomic E-state index is 13.4. The van der Waals surface area contributed by atoms with Gasteiger partial charge in [-0.1, -0.05) is 31.2 Å². The van der Waals surface area contributed by atoms with Gasteiger partial charge in [-0.15, -0.1) is 6.42 Å². The summed E-state index contributed by atoms with van der Waals surface area (Å²) in [5, 5.41) is 10.2. The van der Waals surface area contributed by atoms with Gasteiger partial charge in [-0.3, -0.25) is 14.5 Å². The molecule has 10 nitrogen and oxygen atoms in total. The number of nitrogens with zero attached hydrogens (tertiary/aromatic N) is 3. The number of methoxy groups -OCH3 is 1. The number of amides is 2. The Bertz CT molecular complexity index is 1530. The molecule has 2 heterocycles. The smallest absolute Gasteiger partial charge is 0.242 e. The fourth-order valence-electron chi connectivity index (χ4n) is 5.72. The number of aromatic nitrogens is 2. The second kappa shape index (κ2) is 16.5. The predicted molar refractivity (Wildman–Crippen MR) is 176 cm³/mol. The summed E-state index contributed by atoms with van der Waals surface area (Å²) in [6, 6.07) is 10.5. The van der Waals surface area contributed by atoms with E-state index < -0.39 is 6.04 Å². The number of terminal acetylenes is 1. The molecule has 3 N–H and O–H groups in total. The van der Waals surface area contributed by atoms with E-state index in [1.807, 2.05) is 43.4 Å². The highest BCUT2D eigenvalue weighted by Gasteiger charge is 2.29. The average Bonchev–Trinajstić information content (AvgIpc) is 3.04. The second-order valence-corrected chi connectivity index (χ2v) is 11.6. The lowest BCUT2D eigenvalue weighted by Gasteiger charge is -2.32. The summed E-state index contributed by atoms with van der Waals surface area (Å²) in [6.07, 6.45) is 13.8. The normalized spacial score (nSPS) is 15.6. The summed E-state index contributed by atoms with van der Waals surface area (Å²) >= 11 is 0. The third-order valence-electron chi connectivity index (χ3n) is 8.25. The van der Waals surface area contributed by atoms with Crippen LogP contribution in [-0.2, 0) is 20.8 Å². The number of likely N-dealkylation sites (N-methyl/N-ethyl adjacent to an activating group) is 1. The summed E-state index contributed by atoms with van der Waals surface area (Å²) in [4.78, 5) is 48.9. The fraction of sp³-hybridized carbons (Fsp3) is 0.457. The Hall–Kier alpha value is -4.49. The lowest BCUT2D eigenvalue weighted by atomic mass is 10.0. The molecule has 4 rings (SSSR count). The number of hydrogen-bond donors (Lipinski definition) is 3. The number of unbranched alkanes of at least 4 members (excludes halogenated alkanes) is 2. The van der Waals surface area contributed by atoms with E-state index in [2.05, 4.69) is 36.7 Å². The number of carbonyl (C=O) groups excluding carboxylic acids is 3. The van der Waals surface area contributed by atoms with Crippen LogP contribution in [0.25, 0.3) is 10.9 Å². The van der Waals surface area contributed by atoms with Gasteiger partial charge >= 0.3 is 0 Å². The SMILES string of the molecule is C#Cc1cccc(Nc2ncnc3cc(OC)c(CCNC(=O)[C@H](CCCCCC(C)=O)NC(=O)C4CCCCN4C)cc23)c1. The van der Waals surface area contributed by atoms with E-state index in [0.29, 0.717) is 42.9 Å². The molecule has 1 aliphatic rings. The molecule has 2 aromatic carbocycles. The number of carbonyl (C=O) groups is 3. The highest BCUT2D eigenvalue weighted by Crippen LogP contribution is 2.30. The Labute approximate surface area is 265 Å². The molecule has 1 aliphatic heterocycles. The van der Waals surface area contributed by atoms with Crippen molar-refractivity contribution in [2.75, 3.05) is 32.6 Å². The number of hydrogen-bond acceptors (Lipinski definition) is 8. The Morgan fingerprint density at radius 2 is 1.98 bits per heavy atom. The largest absolute Gasteiger partial charge is 0.496 e. The number of benzene rings is 2. The number of likely N-dealkylation sites (tertiary alicyclic amines) is 1. The van der Waals surface area contributed by atoms with Crippen LogP contribution in [0, 0.1) is 12.3 Å². The van der Waals surface area contributed by atoms with Crippen LogP contribution in [0.1, 0.15) is 69.4 Å². The van der Waals surface area contributed by atoms with Gasteiger partial charge in [-0.05, 0) is 82.4 Å². The van der Waals surface area contributed by atoms with Gasteiger partial charge in [-0.25, -0.2) is 9.97 Å². The van der Waals surface area contributed by atoms with Gasteiger partial charge in [0, 0.05) is 35.7 Å². The van der Waals surface area contributed by atoms with Gasteiger partial charge < -0.3 is 25.5 Å². The van der Waals surface area contributed by atoms with E-state index in [0.717, 1.165) is 67.3 Å². The van der Waals surface area contributed by atoms with E-state index in [1.165, 1.54) is 6.33 Å². The maximum Gasteiger partial charge on any atom is 0.242 e. The predicted octanol–water partition coefficient (Wildman–Crippen LogP) is 4.53. The molecule has 1 fully saturated rings. The summed E-state index contributed by atoms with van der Waals surface area (Å²) in [5.41, 5.74) is 3.16. The molecule has 0 aliphatic carbocycles. The van der Waals surface area contributed by atoms with Crippen molar-refractivity contribution in [3.8, 4) is 18.1 Å². The molecule has 10 heteroatoms. The molecule has 0 radical (unpaired) electrons. The van der Waals surface area contributed by atoms with Crippen LogP contribution in [0.3, 0.4) is 0 Å². The molecule has 0 bridgehead atoms. The van der Waals surface area contributed by atoms with Crippen LogP contribution >= 0.6 is 0 Å². The zero-order valence-electron chi connectivity index (χ0n) is 26.5. The molecule has 3 aromatic rings. The Morgan fingerprint density at radius 1 is 1.13 bits per heavy atom. The van der Waals surface area contributed by atoms with Gasteiger partial charge in [-0.2, -0.15) is 0 Å². The van der Waals surface area contributed by atoms with Gasteiger partial charge in [0.2, 0.25) is 11.8 Å². The molecule has 1 saturated heterocycles. The lowest BCUT2D eigenvalue weighted by molar-refractivity contribution is -0.132. The zero-order valence-corrected chi connectivity index (χ0v) is 26.5. The Kier molecular flexibility index (Phi) is 12.3. The lowest BCUT2D eigenvalue weighted by Crippen LogP contribution is -2.54. The zero-order chi connectivity index (χ0) is 32.2. The molecule has 1 aromatic heterocycles. The van der Waals surface area contributed by atoms with Crippen LogP contribution in [0.5, 0.6) is 5.75 Å². The summed E-state index contributed by atoms with van der Waals surface area (Å²) in [7, 11) is 3.56. The number of piperidine rings is 1. The van der Waals surface area contributed by atoms with E-state index in [4.69, 9.17) is 11.2 Å². The van der Waals surface area contributed by atoms with Crippen molar-refractivity contribution in [2.24, 2.45) is 0 Å². The minimum absolute atomic E-state index is 0.106. The highest BCUT2D eigenvalue weighted by atomic mass is 16.5. The molecule has 2 amide bonds. The third-order valence-corrected chi connectivity index (χ3v) is 8.25. The Balaban J connectivity index is 1.44. The summed E-state index contributed by atoms with van der Waals surface area (Å²) in [6.45, 7) is 2.80. The van der Waals surface area contributed by atoms with E-state index >= 15 is 0 Å². The topological polar surface area (TPSA) is 126 Å². The van der Waals surface area contributed by atoms with Crippen molar-refractivity contribution in [3.05, 3.63) is 53.9 Å². The minimum atomic E-state index is -0.647. The van der Waals surface area contributed by atoms with Crippen LogP contribution in [0.2, 0.25) is 0 Å². The van der Waals surface area contributed by atoms with Crippen molar-refractivity contribution < 1.29 is 19.1 Å². The average molecular weight is 613 g/mol. The van der Waals surface area contributed by atoms with E-state index in [9.17, 15) is 14.4 Å². The number of Topliss-reactive ketones (excluding diaryl/α,β-unsaturated/α-hetero) is 1. The van der Waals surface area contributed by atoms with Gasteiger partial charge in [0.1, 0.15) is 29.7 Å². The van der Waals surface area contributed by atoms with Crippen LogP contribution < -0.4 is 20.7 Å². The molecular weight excluding hydrogens is 568 g/mol. The first kappa shape index (κ1) is 33.4. The minimum Gasteiger partial charge on any atom is -0.496 e.